The van der Waals surface area contributed by atoms with E-state index < -0.39 is 11.5 Å². The van der Waals surface area contributed by atoms with E-state index in [1.165, 1.54) is 0 Å². The zero-order valence-corrected chi connectivity index (χ0v) is 11.0. The van der Waals surface area contributed by atoms with E-state index in [2.05, 4.69) is 19.2 Å². The van der Waals surface area contributed by atoms with Crippen molar-refractivity contribution >= 4 is 5.97 Å². The quantitative estimate of drug-likeness (QED) is 0.812. The van der Waals surface area contributed by atoms with Crippen LogP contribution in [0.2, 0.25) is 0 Å². The van der Waals surface area contributed by atoms with Gasteiger partial charge in [-0.25, -0.2) is 4.79 Å². The maximum Gasteiger partial charge on any atom is 0.328 e. The Morgan fingerprint density at radius 3 is 2.44 bits per heavy atom. The number of carbonyl (C=O) groups is 1. The number of hydrogen-bond donors (Lipinski definition) is 2. The Labute approximate surface area is 108 Å². The minimum atomic E-state index is -0.934. The summed E-state index contributed by atoms with van der Waals surface area (Å²) in [4.78, 5) is 11.9. The van der Waals surface area contributed by atoms with Crippen molar-refractivity contribution in [1.29, 1.82) is 0 Å². The number of hydrogen-bond acceptors (Lipinski definition) is 2. The lowest BCUT2D eigenvalue weighted by Crippen LogP contribution is -2.51. The number of aliphatic carboxylic acids is 1. The van der Waals surface area contributed by atoms with Crippen LogP contribution in [-0.4, -0.2) is 17.1 Å². The van der Waals surface area contributed by atoms with Crippen LogP contribution < -0.4 is 5.32 Å². The molecule has 18 heavy (non-hydrogen) atoms. The zero-order chi connectivity index (χ0) is 13.2. The summed E-state index contributed by atoms with van der Waals surface area (Å²) < 4.78 is 0. The first kappa shape index (κ1) is 13.1. The van der Waals surface area contributed by atoms with Crippen molar-refractivity contribution in [3.05, 3.63) is 35.9 Å². The van der Waals surface area contributed by atoms with Crippen LogP contribution in [0.3, 0.4) is 0 Å². The molecule has 1 aliphatic rings. The summed E-state index contributed by atoms with van der Waals surface area (Å²) in [6, 6.07) is 9.91. The Kier molecular flexibility index (Phi) is 3.71. The van der Waals surface area contributed by atoms with Gasteiger partial charge >= 0.3 is 5.97 Å². The normalized spacial score (nSPS) is 18.6. The summed E-state index contributed by atoms with van der Waals surface area (Å²) in [6.45, 7) is 4.13. The highest BCUT2D eigenvalue weighted by molar-refractivity contribution is 5.81. The molecule has 3 heteroatoms. The van der Waals surface area contributed by atoms with E-state index in [0.29, 0.717) is 18.4 Å². The lowest BCUT2D eigenvalue weighted by molar-refractivity contribution is -0.146. The monoisotopic (exact) mass is 247 g/mol. The van der Waals surface area contributed by atoms with Gasteiger partial charge in [0.1, 0.15) is 5.54 Å². The number of nitrogens with one attached hydrogen (secondary N) is 1. The van der Waals surface area contributed by atoms with Crippen molar-refractivity contribution in [2.45, 2.75) is 44.7 Å². The summed E-state index contributed by atoms with van der Waals surface area (Å²) in [6.07, 6.45) is 2.78. The van der Waals surface area contributed by atoms with Gasteiger partial charge in [-0.05, 0) is 30.7 Å². The maximum atomic E-state index is 11.9. The van der Waals surface area contributed by atoms with E-state index in [0.717, 1.165) is 18.4 Å². The summed E-state index contributed by atoms with van der Waals surface area (Å²) in [5, 5.41) is 13.1. The minimum absolute atomic E-state index is 0.326. The predicted octanol–water partition coefficient (Wildman–Crippen LogP) is 2.76. The molecule has 0 aliphatic heterocycles. The third-order valence-electron chi connectivity index (χ3n) is 3.37. The fourth-order valence-corrected chi connectivity index (χ4v) is 2.44. The highest BCUT2D eigenvalue weighted by atomic mass is 16.4. The van der Waals surface area contributed by atoms with Gasteiger partial charge in [0.05, 0.1) is 0 Å². The molecule has 98 valence electrons. The molecule has 0 aromatic heterocycles. The van der Waals surface area contributed by atoms with Gasteiger partial charge in [-0.2, -0.15) is 0 Å². The van der Waals surface area contributed by atoms with Crippen LogP contribution in [0, 0.1) is 5.92 Å². The van der Waals surface area contributed by atoms with Crippen LogP contribution in [0.5, 0.6) is 0 Å². The van der Waals surface area contributed by atoms with Crippen molar-refractivity contribution in [2.75, 3.05) is 0 Å². The standard InChI is InChI=1S/C15H21NO2/c1-11(2)10-15(14(17)18,16-13-8-9-13)12-6-4-3-5-7-12/h3-7,11,13,16H,8-10H2,1-2H3,(H,17,18). The topological polar surface area (TPSA) is 49.3 Å². The van der Waals surface area contributed by atoms with E-state index in [-0.39, 0.29) is 0 Å². The molecule has 1 unspecified atom stereocenters. The number of carboxylic acid groups (broad SMARTS) is 1. The molecule has 1 aliphatic carbocycles. The summed E-state index contributed by atoms with van der Waals surface area (Å²) in [5.41, 5.74) is -0.0746. The SMILES string of the molecule is CC(C)CC(NC1CC1)(C(=O)O)c1ccccc1. The second-order valence-corrected chi connectivity index (χ2v) is 5.59. The smallest absolute Gasteiger partial charge is 0.328 e. The third kappa shape index (κ3) is 2.72. The number of rotatable bonds is 6. The maximum absolute atomic E-state index is 11.9. The molecule has 1 aromatic rings. The van der Waals surface area contributed by atoms with Crippen molar-refractivity contribution in [3.63, 3.8) is 0 Å². The third-order valence-corrected chi connectivity index (χ3v) is 3.37. The Bertz CT molecular complexity index is 406. The van der Waals surface area contributed by atoms with E-state index in [9.17, 15) is 9.90 Å². The first-order valence-corrected chi connectivity index (χ1v) is 6.61. The van der Waals surface area contributed by atoms with Crippen LogP contribution >= 0.6 is 0 Å². The molecule has 0 amide bonds. The van der Waals surface area contributed by atoms with Gasteiger partial charge in [0.25, 0.3) is 0 Å². The molecule has 0 heterocycles. The van der Waals surface area contributed by atoms with Crippen LogP contribution in [-0.2, 0) is 10.3 Å². The van der Waals surface area contributed by atoms with Gasteiger partial charge in [-0.1, -0.05) is 44.2 Å². The summed E-state index contributed by atoms with van der Waals surface area (Å²) in [5.74, 6) is -0.443. The van der Waals surface area contributed by atoms with Gasteiger partial charge in [-0.3, -0.25) is 5.32 Å². The lowest BCUT2D eigenvalue weighted by atomic mass is 9.82. The fraction of sp³-hybridized carbons (Fsp3) is 0.533. The minimum Gasteiger partial charge on any atom is -0.480 e. The number of carboxylic acids is 1. The van der Waals surface area contributed by atoms with Gasteiger partial charge in [0, 0.05) is 6.04 Å². The molecule has 1 saturated carbocycles. The van der Waals surface area contributed by atoms with E-state index >= 15 is 0 Å². The average Bonchev–Trinajstić information content (AvgIpc) is 3.12. The molecular formula is C15H21NO2. The first-order valence-electron chi connectivity index (χ1n) is 6.61. The Morgan fingerprint density at radius 2 is 2.00 bits per heavy atom. The second-order valence-electron chi connectivity index (χ2n) is 5.59. The summed E-state index contributed by atoms with van der Waals surface area (Å²) in [7, 11) is 0. The second kappa shape index (κ2) is 5.11. The Morgan fingerprint density at radius 1 is 1.39 bits per heavy atom. The Hall–Kier alpha value is -1.35. The predicted molar refractivity (Wildman–Crippen MR) is 71.4 cm³/mol. The fourth-order valence-electron chi connectivity index (χ4n) is 2.44. The van der Waals surface area contributed by atoms with Crippen molar-refractivity contribution in [3.8, 4) is 0 Å². The van der Waals surface area contributed by atoms with Crippen molar-refractivity contribution in [2.24, 2.45) is 5.92 Å². The Balaban J connectivity index is 2.37. The van der Waals surface area contributed by atoms with Crippen LogP contribution in [0.1, 0.15) is 38.7 Å². The molecule has 3 nitrogen and oxygen atoms in total. The van der Waals surface area contributed by atoms with Gasteiger partial charge in [0.2, 0.25) is 0 Å². The van der Waals surface area contributed by atoms with Gasteiger partial charge < -0.3 is 5.11 Å². The average molecular weight is 247 g/mol. The molecule has 2 N–H and O–H groups in total. The molecule has 1 fully saturated rings. The lowest BCUT2D eigenvalue weighted by Gasteiger charge is -2.33. The highest BCUT2D eigenvalue weighted by Gasteiger charge is 2.44. The van der Waals surface area contributed by atoms with Crippen molar-refractivity contribution < 1.29 is 9.90 Å². The van der Waals surface area contributed by atoms with Gasteiger partial charge in [-0.15, -0.1) is 0 Å². The zero-order valence-electron chi connectivity index (χ0n) is 11.0. The van der Waals surface area contributed by atoms with Crippen LogP contribution in [0.15, 0.2) is 30.3 Å². The molecule has 1 aromatic carbocycles. The largest absolute Gasteiger partial charge is 0.480 e. The van der Waals surface area contributed by atoms with Crippen molar-refractivity contribution in [1.82, 2.24) is 5.32 Å². The molecular weight excluding hydrogens is 226 g/mol. The molecule has 1 atom stereocenters. The summed E-state index contributed by atoms with van der Waals surface area (Å²) >= 11 is 0. The van der Waals surface area contributed by atoms with Crippen LogP contribution in [0.4, 0.5) is 0 Å². The number of benzene rings is 1. The van der Waals surface area contributed by atoms with E-state index in [1.54, 1.807) is 0 Å². The molecule has 0 saturated heterocycles. The van der Waals surface area contributed by atoms with Gasteiger partial charge in [0.15, 0.2) is 0 Å². The van der Waals surface area contributed by atoms with Crippen LogP contribution in [0.25, 0.3) is 0 Å². The molecule has 0 bridgehead atoms. The van der Waals surface area contributed by atoms with E-state index in [1.807, 2.05) is 30.3 Å². The van der Waals surface area contributed by atoms with E-state index in [4.69, 9.17) is 0 Å². The highest BCUT2D eigenvalue weighted by Crippen LogP contribution is 2.34. The molecule has 0 spiro atoms. The first-order chi connectivity index (χ1) is 8.54. The molecule has 2 rings (SSSR count). The molecule has 0 radical (unpaired) electrons.